The summed E-state index contributed by atoms with van der Waals surface area (Å²) < 4.78 is 0. The van der Waals surface area contributed by atoms with Crippen LogP contribution in [0.15, 0.2) is 30.3 Å². The van der Waals surface area contributed by atoms with E-state index >= 15 is 0 Å². The van der Waals surface area contributed by atoms with Crippen LogP contribution in [0.2, 0.25) is 0 Å². The summed E-state index contributed by atoms with van der Waals surface area (Å²) >= 11 is 0. The molecule has 3 amide bonds. The highest BCUT2D eigenvalue weighted by molar-refractivity contribution is 5.82. The van der Waals surface area contributed by atoms with Gasteiger partial charge in [0.25, 0.3) is 0 Å². The minimum Gasteiger partial charge on any atom is -0.338 e. The van der Waals surface area contributed by atoms with Crippen molar-refractivity contribution >= 4 is 11.9 Å². The molecule has 1 aromatic rings. The molecular formula is C21H32N4O2. The van der Waals surface area contributed by atoms with Crippen molar-refractivity contribution in [3.63, 3.8) is 0 Å². The average molecular weight is 373 g/mol. The van der Waals surface area contributed by atoms with Crippen molar-refractivity contribution in [2.24, 2.45) is 5.92 Å². The van der Waals surface area contributed by atoms with Gasteiger partial charge >= 0.3 is 6.03 Å². The third-order valence-electron chi connectivity index (χ3n) is 5.82. The van der Waals surface area contributed by atoms with Gasteiger partial charge in [-0.2, -0.15) is 0 Å². The van der Waals surface area contributed by atoms with Crippen LogP contribution in [0.25, 0.3) is 0 Å². The summed E-state index contributed by atoms with van der Waals surface area (Å²) in [4.78, 5) is 29.0. The van der Waals surface area contributed by atoms with Gasteiger partial charge in [-0.25, -0.2) is 4.79 Å². The molecule has 2 aliphatic heterocycles. The second-order valence-electron chi connectivity index (χ2n) is 8.04. The van der Waals surface area contributed by atoms with E-state index in [1.54, 1.807) is 0 Å². The van der Waals surface area contributed by atoms with E-state index < -0.39 is 0 Å². The second-order valence-corrected chi connectivity index (χ2v) is 8.04. The van der Waals surface area contributed by atoms with Crippen LogP contribution in [0.3, 0.4) is 0 Å². The first-order chi connectivity index (χ1) is 13.0. The molecule has 148 valence electrons. The van der Waals surface area contributed by atoms with Crippen LogP contribution < -0.4 is 10.6 Å². The molecule has 1 aromatic carbocycles. The highest BCUT2D eigenvalue weighted by atomic mass is 16.2. The number of hydrogen-bond donors (Lipinski definition) is 2. The standard InChI is InChI=1S/C21H32N4O2/c1-16-19(12-20(26)25(16)15-17-8-4-3-5-9-17)23-21(27)22-13-18-10-6-7-11-24(2)14-18/h3-5,8-9,16,18-19H,6-7,10-15H2,1-2H3,(H2,22,23,27). The maximum Gasteiger partial charge on any atom is 0.315 e. The summed E-state index contributed by atoms with van der Waals surface area (Å²) in [6.07, 6.45) is 3.99. The Labute approximate surface area is 162 Å². The molecule has 2 aliphatic rings. The lowest BCUT2D eigenvalue weighted by Gasteiger charge is -2.26. The SMILES string of the molecule is CC1C(NC(=O)NCC2CCCCN(C)C2)CC(=O)N1Cc1ccccc1. The second kappa shape index (κ2) is 9.22. The quantitative estimate of drug-likeness (QED) is 0.833. The maximum atomic E-state index is 12.4. The Bertz CT molecular complexity index is 636. The predicted octanol–water partition coefficient (Wildman–Crippen LogP) is 2.21. The lowest BCUT2D eigenvalue weighted by Crippen LogP contribution is -2.48. The Morgan fingerprint density at radius 1 is 1.22 bits per heavy atom. The van der Waals surface area contributed by atoms with Gasteiger partial charge in [-0.05, 0) is 44.8 Å². The molecule has 0 spiro atoms. The maximum absolute atomic E-state index is 12.4. The van der Waals surface area contributed by atoms with Crippen LogP contribution in [0.4, 0.5) is 4.79 Å². The normalized spacial score (nSPS) is 26.7. The van der Waals surface area contributed by atoms with Gasteiger partial charge in [0, 0.05) is 26.1 Å². The van der Waals surface area contributed by atoms with Crippen LogP contribution in [-0.2, 0) is 11.3 Å². The fraction of sp³-hybridized carbons (Fsp3) is 0.619. The Hall–Kier alpha value is -2.08. The number of rotatable bonds is 5. The zero-order chi connectivity index (χ0) is 19.2. The van der Waals surface area contributed by atoms with Crippen molar-refractivity contribution in [1.82, 2.24) is 20.4 Å². The molecule has 3 atom stereocenters. The number of carbonyl (C=O) groups excluding carboxylic acids is 2. The van der Waals surface area contributed by atoms with Gasteiger partial charge in [-0.3, -0.25) is 4.79 Å². The molecule has 0 aliphatic carbocycles. The molecule has 3 unspecified atom stereocenters. The molecule has 2 N–H and O–H groups in total. The Morgan fingerprint density at radius 3 is 2.78 bits per heavy atom. The smallest absolute Gasteiger partial charge is 0.315 e. The predicted molar refractivity (Wildman–Crippen MR) is 106 cm³/mol. The monoisotopic (exact) mass is 372 g/mol. The molecule has 2 heterocycles. The molecule has 0 radical (unpaired) electrons. The van der Waals surface area contributed by atoms with E-state index in [0.29, 0.717) is 25.4 Å². The van der Waals surface area contributed by atoms with E-state index in [9.17, 15) is 9.59 Å². The van der Waals surface area contributed by atoms with E-state index in [1.807, 2.05) is 42.2 Å². The summed E-state index contributed by atoms with van der Waals surface area (Å²) in [5.41, 5.74) is 1.11. The Balaban J connectivity index is 1.47. The highest BCUT2D eigenvalue weighted by Gasteiger charge is 2.37. The highest BCUT2D eigenvalue weighted by Crippen LogP contribution is 2.22. The van der Waals surface area contributed by atoms with Gasteiger partial charge in [-0.15, -0.1) is 0 Å². The van der Waals surface area contributed by atoms with Gasteiger partial charge < -0.3 is 20.4 Å². The zero-order valence-corrected chi connectivity index (χ0v) is 16.5. The van der Waals surface area contributed by atoms with E-state index in [4.69, 9.17) is 0 Å². The molecule has 6 heteroatoms. The summed E-state index contributed by atoms with van der Waals surface area (Å²) in [6.45, 7) is 5.47. The topological polar surface area (TPSA) is 64.7 Å². The number of amides is 3. The van der Waals surface area contributed by atoms with Crippen LogP contribution >= 0.6 is 0 Å². The van der Waals surface area contributed by atoms with Crippen LogP contribution in [0.5, 0.6) is 0 Å². The average Bonchev–Trinajstić information content (AvgIpc) is 2.81. The largest absolute Gasteiger partial charge is 0.338 e. The number of carbonyl (C=O) groups is 2. The van der Waals surface area contributed by atoms with E-state index in [0.717, 1.165) is 25.1 Å². The van der Waals surface area contributed by atoms with E-state index in [2.05, 4.69) is 22.6 Å². The van der Waals surface area contributed by atoms with Gasteiger partial charge in [0.1, 0.15) is 0 Å². The first kappa shape index (κ1) is 19.7. The zero-order valence-electron chi connectivity index (χ0n) is 16.5. The molecule has 0 aromatic heterocycles. The van der Waals surface area contributed by atoms with Crippen molar-refractivity contribution in [3.05, 3.63) is 35.9 Å². The van der Waals surface area contributed by atoms with Gasteiger partial charge in [0.2, 0.25) is 5.91 Å². The lowest BCUT2D eigenvalue weighted by atomic mass is 10.0. The minimum absolute atomic E-state index is 0.00697. The molecule has 0 bridgehead atoms. The molecule has 27 heavy (non-hydrogen) atoms. The number of nitrogens with one attached hydrogen (secondary N) is 2. The lowest BCUT2D eigenvalue weighted by molar-refractivity contribution is -0.129. The van der Waals surface area contributed by atoms with Gasteiger partial charge in [0.05, 0.1) is 12.1 Å². The summed E-state index contributed by atoms with van der Waals surface area (Å²) in [5.74, 6) is 0.600. The van der Waals surface area contributed by atoms with Crippen molar-refractivity contribution in [1.29, 1.82) is 0 Å². The third kappa shape index (κ3) is 5.45. The first-order valence-corrected chi connectivity index (χ1v) is 10.1. The summed E-state index contributed by atoms with van der Waals surface area (Å²) in [7, 11) is 2.14. The fourth-order valence-electron chi connectivity index (χ4n) is 4.17. The Morgan fingerprint density at radius 2 is 2.00 bits per heavy atom. The minimum atomic E-state index is -0.159. The molecular weight excluding hydrogens is 340 g/mol. The number of nitrogens with zero attached hydrogens (tertiary/aromatic N) is 2. The summed E-state index contributed by atoms with van der Waals surface area (Å²) in [6, 6.07) is 9.68. The third-order valence-corrected chi connectivity index (χ3v) is 5.82. The van der Waals surface area contributed by atoms with Crippen molar-refractivity contribution in [2.45, 2.75) is 51.2 Å². The first-order valence-electron chi connectivity index (χ1n) is 10.1. The molecule has 0 saturated carbocycles. The number of hydrogen-bond acceptors (Lipinski definition) is 3. The van der Waals surface area contributed by atoms with Crippen molar-refractivity contribution < 1.29 is 9.59 Å². The number of likely N-dealkylation sites (tertiary alicyclic amines) is 2. The van der Waals surface area contributed by atoms with Crippen LogP contribution in [0.1, 0.15) is 38.2 Å². The van der Waals surface area contributed by atoms with Crippen molar-refractivity contribution in [3.8, 4) is 0 Å². The van der Waals surface area contributed by atoms with Gasteiger partial charge in [0.15, 0.2) is 0 Å². The van der Waals surface area contributed by atoms with E-state index in [1.165, 1.54) is 12.8 Å². The van der Waals surface area contributed by atoms with Crippen LogP contribution in [0, 0.1) is 5.92 Å². The Kier molecular flexibility index (Phi) is 6.72. The fourth-order valence-corrected chi connectivity index (χ4v) is 4.17. The van der Waals surface area contributed by atoms with Crippen molar-refractivity contribution in [2.75, 3.05) is 26.7 Å². The molecule has 6 nitrogen and oxygen atoms in total. The molecule has 2 fully saturated rings. The van der Waals surface area contributed by atoms with E-state index in [-0.39, 0.29) is 24.0 Å². The molecule has 3 rings (SSSR count). The molecule has 2 saturated heterocycles. The number of urea groups is 1. The number of benzene rings is 1. The van der Waals surface area contributed by atoms with Gasteiger partial charge in [-0.1, -0.05) is 36.8 Å². The van der Waals surface area contributed by atoms with Crippen LogP contribution in [-0.4, -0.2) is 60.5 Å². The summed E-state index contributed by atoms with van der Waals surface area (Å²) in [5, 5.41) is 6.04.